The van der Waals surface area contributed by atoms with Crippen LogP contribution in [0.2, 0.25) is 0 Å². The summed E-state index contributed by atoms with van der Waals surface area (Å²) in [6.45, 7) is 3.52. The van der Waals surface area contributed by atoms with Gasteiger partial charge in [0.2, 0.25) is 0 Å². The molecule has 0 radical (unpaired) electrons. The summed E-state index contributed by atoms with van der Waals surface area (Å²) in [5.74, 6) is 1.15. The van der Waals surface area contributed by atoms with Crippen molar-refractivity contribution in [1.82, 2.24) is 14.7 Å². The number of nitrogens with zero attached hydrogens (tertiary/aromatic N) is 3. The lowest BCUT2D eigenvalue weighted by atomic mass is 10.4. The lowest BCUT2D eigenvalue weighted by Crippen LogP contribution is -2.31. The first-order valence-corrected chi connectivity index (χ1v) is 6.16. The Labute approximate surface area is 107 Å². The van der Waals surface area contributed by atoms with Crippen LogP contribution in [-0.2, 0) is 4.74 Å². The van der Waals surface area contributed by atoms with Crippen molar-refractivity contribution in [2.24, 2.45) is 0 Å². The molecule has 0 amide bonds. The van der Waals surface area contributed by atoms with Crippen molar-refractivity contribution < 1.29 is 4.74 Å². The number of pyridine rings is 1. The molecule has 0 spiro atoms. The molecule has 98 valence electrons. The molecule has 0 atom stereocenters. The number of nitrogens with one attached hydrogen (secondary N) is 1. The van der Waals surface area contributed by atoms with Crippen LogP contribution in [0.15, 0.2) is 30.6 Å². The zero-order valence-corrected chi connectivity index (χ0v) is 11.0. The standard InChI is InChI=1S/C13H20N4O/c1-16(9-6-14-8-11-18-2)13-5-3-4-12-15-7-10-17(12)13/h3-5,7,10,14H,6,8-9,11H2,1-2H3. The molecule has 1 N–H and O–H groups in total. The second-order valence-corrected chi connectivity index (χ2v) is 4.20. The third-order valence-electron chi connectivity index (χ3n) is 2.90. The maximum absolute atomic E-state index is 4.99. The molecule has 0 saturated carbocycles. The molecule has 0 saturated heterocycles. The predicted molar refractivity (Wildman–Crippen MR) is 73.2 cm³/mol. The Kier molecular flexibility index (Phi) is 4.55. The van der Waals surface area contributed by atoms with E-state index in [9.17, 15) is 0 Å². The van der Waals surface area contributed by atoms with E-state index in [-0.39, 0.29) is 0 Å². The molecule has 2 aromatic rings. The van der Waals surface area contributed by atoms with Gasteiger partial charge in [0.05, 0.1) is 6.61 Å². The molecule has 0 aromatic carbocycles. The van der Waals surface area contributed by atoms with Gasteiger partial charge in [-0.15, -0.1) is 0 Å². The average molecular weight is 248 g/mol. The summed E-state index contributed by atoms with van der Waals surface area (Å²) in [6, 6.07) is 6.14. The van der Waals surface area contributed by atoms with Crippen LogP contribution in [-0.4, -0.2) is 49.8 Å². The summed E-state index contributed by atoms with van der Waals surface area (Å²) in [5.41, 5.74) is 0.978. The summed E-state index contributed by atoms with van der Waals surface area (Å²) in [5, 5.41) is 3.34. The van der Waals surface area contributed by atoms with E-state index in [1.54, 1.807) is 7.11 Å². The van der Waals surface area contributed by atoms with Crippen molar-refractivity contribution in [2.75, 3.05) is 45.3 Å². The van der Waals surface area contributed by atoms with Gasteiger partial charge in [0, 0.05) is 46.2 Å². The van der Waals surface area contributed by atoms with Gasteiger partial charge in [0.15, 0.2) is 0 Å². The number of fused-ring (bicyclic) bond motifs is 1. The van der Waals surface area contributed by atoms with Crippen LogP contribution in [0.3, 0.4) is 0 Å². The molecule has 5 heteroatoms. The van der Waals surface area contributed by atoms with Gasteiger partial charge in [-0.3, -0.25) is 4.40 Å². The van der Waals surface area contributed by atoms with Crippen LogP contribution in [0.1, 0.15) is 0 Å². The number of hydrogen-bond acceptors (Lipinski definition) is 4. The molecule has 0 bridgehead atoms. The van der Waals surface area contributed by atoms with E-state index in [0.29, 0.717) is 0 Å². The molecule has 2 aromatic heterocycles. The minimum Gasteiger partial charge on any atom is -0.383 e. The summed E-state index contributed by atoms with van der Waals surface area (Å²) < 4.78 is 7.08. The maximum Gasteiger partial charge on any atom is 0.138 e. The van der Waals surface area contributed by atoms with Crippen LogP contribution in [0.4, 0.5) is 5.82 Å². The molecular formula is C13H20N4O. The number of ether oxygens (including phenoxy) is 1. The van der Waals surface area contributed by atoms with Gasteiger partial charge in [-0.25, -0.2) is 4.98 Å². The van der Waals surface area contributed by atoms with E-state index in [1.807, 2.05) is 24.5 Å². The summed E-state index contributed by atoms with van der Waals surface area (Å²) in [6.07, 6.45) is 3.81. The molecular weight excluding hydrogens is 228 g/mol. The third-order valence-corrected chi connectivity index (χ3v) is 2.90. The van der Waals surface area contributed by atoms with Crippen LogP contribution in [0.25, 0.3) is 5.65 Å². The highest BCUT2D eigenvalue weighted by atomic mass is 16.5. The first-order chi connectivity index (χ1) is 8.83. The Morgan fingerprint density at radius 1 is 1.39 bits per heavy atom. The summed E-state index contributed by atoms with van der Waals surface area (Å²) in [7, 11) is 3.81. The highest BCUT2D eigenvalue weighted by Gasteiger charge is 2.04. The highest BCUT2D eigenvalue weighted by Crippen LogP contribution is 2.14. The van der Waals surface area contributed by atoms with E-state index < -0.39 is 0 Å². The lowest BCUT2D eigenvalue weighted by molar-refractivity contribution is 0.200. The summed E-state index contributed by atoms with van der Waals surface area (Å²) in [4.78, 5) is 6.50. The monoisotopic (exact) mass is 248 g/mol. The number of aromatic nitrogens is 2. The smallest absolute Gasteiger partial charge is 0.138 e. The first-order valence-electron chi connectivity index (χ1n) is 6.16. The molecule has 0 aliphatic heterocycles. The molecule has 5 nitrogen and oxygen atoms in total. The van der Waals surface area contributed by atoms with E-state index in [4.69, 9.17) is 4.74 Å². The number of rotatable bonds is 7. The van der Waals surface area contributed by atoms with E-state index in [2.05, 4.69) is 32.7 Å². The van der Waals surface area contributed by atoms with Crippen LogP contribution in [0, 0.1) is 0 Å². The molecule has 0 fully saturated rings. The number of hydrogen-bond donors (Lipinski definition) is 1. The third kappa shape index (κ3) is 3.00. The van der Waals surface area contributed by atoms with E-state index in [1.165, 1.54) is 0 Å². The lowest BCUT2D eigenvalue weighted by Gasteiger charge is -2.20. The van der Waals surface area contributed by atoms with Crippen LogP contribution < -0.4 is 10.2 Å². The van der Waals surface area contributed by atoms with Crippen LogP contribution >= 0.6 is 0 Å². The van der Waals surface area contributed by atoms with Gasteiger partial charge in [-0.05, 0) is 12.1 Å². The second-order valence-electron chi connectivity index (χ2n) is 4.20. The SMILES string of the molecule is COCCNCCN(C)c1cccc2nccn12. The van der Waals surface area contributed by atoms with Crippen molar-refractivity contribution in [3.8, 4) is 0 Å². The largest absolute Gasteiger partial charge is 0.383 e. The van der Waals surface area contributed by atoms with Crippen LogP contribution in [0.5, 0.6) is 0 Å². The molecule has 18 heavy (non-hydrogen) atoms. The van der Waals surface area contributed by atoms with Gasteiger partial charge in [-0.2, -0.15) is 0 Å². The minimum atomic E-state index is 0.751. The fraction of sp³-hybridized carbons (Fsp3) is 0.462. The van der Waals surface area contributed by atoms with Gasteiger partial charge in [0.1, 0.15) is 11.5 Å². The Morgan fingerprint density at radius 2 is 2.28 bits per heavy atom. The van der Waals surface area contributed by atoms with Gasteiger partial charge >= 0.3 is 0 Å². The van der Waals surface area contributed by atoms with Gasteiger partial charge < -0.3 is 15.0 Å². The zero-order valence-electron chi connectivity index (χ0n) is 11.0. The normalized spacial score (nSPS) is 11.0. The van der Waals surface area contributed by atoms with Gasteiger partial charge in [-0.1, -0.05) is 6.07 Å². The molecule has 0 aliphatic carbocycles. The summed E-state index contributed by atoms with van der Waals surface area (Å²) >= 11 is 0. The van der Waals surface area contributed by atoms with Gasteiger partial charge in [0.25, 0.3) is 0 Å². The number of likely N-dealkylation sites (N-methyl/N-ethyl adjacent to an activating group) is 1. The van der Waals surface area contributed by atoms with Crippen molar-refractivity contribution in [3.63, 3.8) is 0 Å². The van der Waals surface area contributed by atoms with Crippen molar-refractivity contribution in [3.05, 3.63) is 30.6 Å². The predicted octanol–water partition coefficient (Wildman–Crippen LogP) is 1.01. The number of anilines is 1. The number of methoxy groups -OCH3 is 1. The van der Waals surface area contributed by atoms with Crippen molar-refractivity contribution in [1.29, 1.82) is 0 Å². The Hall–Kier alpha value is -1.59. The molecule has 2 heterocycles. The fourth-order valence-corrected chi connectivity index (χ4v) is 1.90. The Balaban J connectivity index is 1.92. The number of imidazole rings is 1. The van der Waals surface area contributed by atoms with Crippen molar-refractivity contribution in [2.45, 2.75) is 0 Å². The van der Waals surface area contributed by atoms with Crippen molar-refractivity contribution >= 4 is 11.5 Å². The quantitative estimate of drug-likeness (QED) is 0.742. The first kappa shape index (κ1) is 12.9. The average Bonchev–Trinajstić information content (AvgIpc) is 2.86. The highest BCUT2D eigenvalue weighted by molar-refractivity contribution is 5.51. The zero-order chi connectivity index (χ0) is 12.8. The Morgan fingerprint density at radius 3 is 3.11 bits per heavy atom. The maximum atomic E-state index is 4.99. The molecule has 0 unspecified atom stereocenters. The molecule has 2 rings (SSSR count). The van der Waals surface area contributed by atoms with E-state index >= 15 is 0 Å². The fourth-order valence-electron chi connectivity index (χ4n) is 1.90. The van der Waals surface area contributed by atoms with E-state index in [0.717, 1.165) is 37.7 Å². The second kappa shape index (κ2) is 6.37. The molecule has 0 aliphatic rings. The topological polar surface area (TPSA) is 41.8 Å². The minimum absolute atomic E-state index is 0.751. The Bertz CT molecular complexity index is 483.